The van der Waals surface area contributed by atoms with E-state index >= 15 is 0 Å². The Balaban J connectivity index is 0.00000108. The first kappa shape index (κ1) is 11.9. The lowest BCUT2D eigenvalue weighted by Crippen LogP contribution is -2.00. The maximum atomic E-state index is 12.1. The molecule has 0 atom stereocenters. The van der Waals surface area contributed by atoms with E-state index in [4.69, 9.17) is 0 Å². The number of phenols is 1. The number of phenolic OH excluding ortho intramolecular Hbond substituents is 1. The van der Waals surface area contributed by atoms with Crippen LogP contribution in [0.3, 0.4) is 0 Å². The van der Waals surface area contributed by atoms with E-state index in [1.807, 2.05) is 24.3 Å². The van der Waals surface area contributed by atoms with Crippen LogP contribution in [-0.4, -0.2) is 5.11 Å². The molecule has 0 aliphatic carbocycles. The summed E-state index contributed by atoms with van der Waals surface area (Å²) in [7, 11) is 0. The SMILES string of the molecule is Cl.O=c1c2ccccc2sc2c(O)cccc12. The lowest BCUT2D eigenvalue weighted by molar-refractivity contribution is 0.482. The van der Waals surface area contributed by atoms with Crippen LogP contribution in [-0.2, 0) is 0 Å². The molecule has 1 aromatic heterocycles. The van der Waals surface area contributed by atoms with Gasteiger partial charge in [0.25, 0.3) is 0 Å². The molecular weight excluding hydrogens is 256 g/mol. The van der Waals surface area contributed by atoms with E-state index in [0.717, 1.165) is 4.70 Å². The molecule has 3 rings (SSSR count). The molecule has 0 bridgehead atoms. The maximum absolute atomic E-state index is 12.1. The highest BCUT2D eigenvalue weighted by Crippen LogP contribution is 2.30. The van der Waals surface area contributed by atoms with Crippen molar-refractivity contribution < 1.29 is 5.11 Å². The fraction of sp³-hybridized carbons (Fsp3) is 0. The van der Waals surface area contributed by atoms with Crippen molar-refractivity contribution >= 4 is 43.9 Å². The third-order valence-electron chi connectivity index (χ3n) is 2.58. The summed E-state index contributed by atoms with van der Waals surface area (Å²) < 4.78 is 1.56. The van der Waals surface area contributed by atoms with Crippen molar-refractivity contribution in [2.24, 2.45) is 0 Å². The minimum Gasteiger partial charge on any atom is -0.506 e. The van der Waals surface area contributed by atoms with Crippen molar-refractivity contribution in [1.29, 1.82) is 0 Å². The van der Waals surface area contributed by atoms with E-state index in [1.165, 1.54) is 11.3 Å². The van der Waals surface area contributed by atoms with Gasteiger partial charge >= 0.3 is 0 Å². The fourth-order valence-corrected chi connectivity index (χ4v) is 2.89. The molecule has 4 heteroatoms. The Morgan fingerprint density at radius 3 is 2.47 bits per heavy atom. The van der Waals surface area contributed by atoms with Crippen molar-refractivity contribution in [2.45, 2.75) is 0 Å². The van der Waals surface area contributed by atoms with Gasteiger partial charge in [-0.25, -0.2) is 0 Å². The van der Waals surface area contributed by atoms with E-state index < -0.39 is 0 Å². The van der Waals surface area contributed by atoms with Crippen LogP contribution in [0.15, 0.2) is 47.3 Å². The molecule has 1 N–H and O–H groups in total. The Bertz CT molecular complexity index is 749. The van der Waals surface area contributed by atoms with Crippen LogP contribution >= 0.6 is 23.7 Å². The van der Waals surface area contributed by atoms with Gasteiger partial charge in [0.15, 0.2) is 5.43 Å². The van der Waals surface area contributed by atoms with Crippen molar-refractivity contribution in [3.05, 3.63) is 52.7 Å². The number of fused-ring (bicyclic) bond motifs is 2. The first-order chi connectivity index (χ1) is 7.77. The first-order valence-electron chi connectivity index (χ1n) is 4.91. The number of benzene rings is 2. The molecule has 0 amide bonds. The Labute approximate surface area is 108 Å². The molecule has 0 saturated heterocycles. The maximum Gasteiger partial charge on any atom is 0.196 e. The molecule has 17 heavy (non-hydrogen) atoms. The Hall–Kier alpha value is -1.58. The van der Waals surface area contributed by atoms with E-state index in [0.29, 0.717) is 15.5 Å². The minimum absolute atomic E-state index is 0. The van der Waals surface area contributed by atoms with Crippen molar-refractivity contribution in [1.82, 2.24) is 0 Å². The van der Waals surface area contributed by atoms with E-state index in [2.05, 4.69) is 0 Å². The van der Waals surface area contributed by atoms with Crippen molar-refractivity contribution in [3.8, 4) is 5.75 Å². The van der Waals surface area contributed by atoms with Gasteiger partial charge < -0.3 is 5.11 Å². The number of rotatable bonds is 0. The summed E-state index contributed by atoms with van der Waals surface area (Å²) in [6.07, 6.45) is 0. The summed E-state index contributed by atoms with van der Waals surface area (Å²) in [6.45, 7) is 0. The van der Waals surface area contributed by atoms with Crippen LogP contribution in [0.5, 0.6) is 5.75 Å². The van der Waals surface area contributed by atoms with Crippen molar-refractivity contribution in [2.75, 3.05) is 0 Å². The molecule has 0 aliphatic rings. The third kappa shape index (κ3) is 1.77. The summed E-state index contributed by atoms with van der Waals surface area (Å²) in [4.78, 5) is 12.1. The zero-order valence-corrected chi connectivity index (χ0v) is 10.3. The average molecular weight is 265 g/mol. The molecule has 2 aromatic carbocycles. The van der Waals surface area contributed by atoms with Crippen LogP contribution < -0.4 is 5.43 Å². The summed E-state index contributed by atoms with van der Waals surface area (Å²) in [5.41, 5.74) is -0.0137. The summed E-state index contributed by atoms with van der Waals surface area (Å²) in [5.74, 6) is 0.172. The minimum atomic E-state index is -0.0137. The number of aromatic hydroxyl groups is 1. The lowest BCUT2D eigenvalue weighted by Gasteiger charge is -2.01. The number of hydrogen-bond donors (Lipinski definition) is 1. The second-order valence-electron chi connectivity index (χ2n) is 3.58. The van der Waals surface area contributed by atoms with Gasteiger partial charge in [0.05, 0.1) is 4.70 Å². The van der Waals surface area contributed by atoms with Gasteiger partial charge in [-0.15, -0.1) is 23.7 Å². The molecule has 0 radical (unpaired) electrons. The van der Waals surface area contributed by atoms with Gasteiger partial charge in [0, 0.05) is 15.5 Å². The van der Waals surface area contributed by atoms with Gasteiger partial charge in [-0.05, 0) is 24.3 Å². The predicted octanol–water partition coefficient (Wildman–Crippen LogP) is 3.54. The first-order valence-corrected chi connectivity index (χ1v) is 5.72. The van der Waals surface area contributed by atoms with Crippen LogP contribution in [0.4, 0.5) is 0 Å². The molecule has 0 aliphatic heterocycles. The summed E-state index contributed by atoms with van der Waals surface area (Å²) in [6, 6.07) is 12.5. The summed E-state index contributed by atoms with van der Waals surface area (Å²) >= 11 is 1.44. The highest BCUT2D eigenvalue weighted by Gasteiger charge is 2.07. The molecule has 0 fully saturated rings. The van der Waals surface area contributed by atoms with Gasteiger partial charge in [0.1, 0.15) is 5.75 Å². The molecule has 0 saturated carbocycles. The zero-order chi connectivity index (χ0) is 11.1. The number of hydrogen-bond acceptors (Lipinski definition) is 3. The normalized spacial score (nSPS) is 10.4. The highest BCUT2D eigenvalue weighted by atomic mass is 35.5. The van der Waals surface area contributed by atoms with Crippen LogP contribution in [0.25, 0.3) is 20.2 Å². The van der Waals surface area contributed by atoms with Gasteiger partial charge in [0.2, 0.25) is 0 Å². The molecule has 2 nitrogen and oxygen atoms in total. The Morgan fingerprint density at radius 2 is 1.65 bits per heavy atom. The monoisotopic (exact) mass is 264 g/mol. The molecule has 86 valence electrons. The standard InChI is InChI=1S/C13H8O2S.ClH/c14-10-6-3-5-9-12(15)8-4-1-2-7-11(8)16-13(9)10;/h1-7,14H;1H. The second-order valence-corrected chi connectivity index (χ2v) is 4.63. The Morgan fingerprint density at radius 1 is 0.941 bits per heavy atom. The quantitative estimate of drug-likeness (QED) is 0.631. The molecule has 1 heterocycles. The molecule has 0 spiro atoms. The van der Waals surface area contributed by atoms with Gasteiger partial charge in [-0.1, -0.05) is 18.2 Å². The van der Waals surface area contributed by atoms with Crippen LogP contribution in [0, 0.1) is 0 Å². The Kier molecular flexibility index (Phi) is 3.05. The summed E-state index contributed by atoms with van der Waals surface area (Å²) in [5, 5.41) is 11.0. The largest absolute Gasteiger partial charge is 0.506 e. The van der Waals surface area contributed by atoms with Gasteiger partial charge in [-0.2, -0.15) is 0 Å². The third-order valence-corrected chi connectivity index (χ3v) is 3.79. The fourth-order valence-electron chi connectivity index (χ4n) is 1.81. The highest BCUT2D eigenvalue weighted by molar-refractivity contribution is 7.24. The van der Waals surface area contributed by atoms with E-state index in [-0.39, 0.29) is 23.6 Å². The predicted molar refractivity (Wildman–Crippen MR) is 74.5 cm³/mol. The molecular formula is C13H9ClO2S. The van der Waals surface area contributed by atoms with Crippen LogP contribution in [0.1, 0.15) is 0 Å². The zero-order valence-electron chi connectivity index (χ0n) is 8.71. The number of halogens is 1. The van der Waals surface area contributed by atoms with E-state index in [1.54, 1.807) is 18.2 Å². The molecule has 3 aromatic rings. The smallest absolute Gasteiger partial charge is 0.196 e. The topological polar surface area (TPSA) is 37.3 Å². The lowest BCUT2D eigenvalue weighted by atomic mass is 10.2. The molecule has 0 unspecified atom stereocenters. The average Bonchev–Trinajstić information content (AvgIpc) is 2.31. The van der Waals surface area contributed by atoms with Crippen LogP contribution in [0.2, 0.25) is 0 Å². The van der Waals surface area contributed by atoms with Gasteiger partial charge in [-0.3, -0.25) is 4.79 Å². The second kappa shape index (κ2) is 4.35. The van der Waals surface area contributed by atoms with E-state index in [9.17, 15) is 9.90 Å². The van der Waals surface area contributed by atoms with Crippen molar-refractivity contribution in [3.63, 3.8) is 0 Å².